The van der Waals surface area contributed by atoms with E-state index in [0.29, 0.717) is 10.0 Å². The van der Waals surface area contributed by atoms with Crippen molar-refractivity contribution in [1.82, 2.24) is 4.90 Å². The smallest absolute Gasteiger partial charge is 0.0701 e. The van der Waals surface area contributed by atoms with Gasteiger partial charge in [0, 0.05) is 12.6 Å². The van der Waals surface area contributed by atoms with Crippen LogP contribution in [0.4, 0.5) is 0 Å². The summed E-state index contributed by atoms with van der Waals surface area (Å²) in [5.74, 6) is 0. The topological polar surface area (TPSA) is 29.3 Å². The molecule has 0 radical (unpaired) electrons. The number of thiophene rings is 1. The molecule has 0 bridgehead atoms. The fourth-order valence-electron chi connectivity index (χ4n) is 2.14. The lowest BCUT2D eigenvalue weighted by molar-refractivity contribution is 0.312. The molecular weight excluding hydrogens is 391 g/mol. The normalized spacial score (nSPS) is 12.9. The Morgan fingerprint density at radius 3 is 2.81 bits per heavy atom. The van der Waals surface area contributed by atoms with Crippen LogP contribution in [0.15, 0.2) is 33.4 Å². The van der Waals surface area contributed by atoms with Crippen molar-refractivity contribution in [2.45, 2.75) is 19.0 Å². The summed E-state index contributed by atoms with van der Waals surface area (Å²) in [6.07, 6.45) is 0.835. The van der Waals surface area contributed by atoms with Gasteiger partial charge in [-0.05, 0) is 64.6 Å². The predicted octanol–water partition coefficient (Wildman–Crippen LogP) is 5.34. The van der Waals surface area contributed by atoms with Gasteiger partial charge in [-0.3, -0.25) is 0 Å². The van der Waals surface area contributed by atoms with Crippen LogP contribution in [0.25, 0.3) is 0 Å². The SMILES string of the molecule is CN(CCC(N)c1cccc(Cl)c1Cl)Cc1csc(Br)c1. The Morgan fingerprint density at radius 1 is 1.38 bits per heavy atom. The van der Waals surface area contributed by atoms with Crippen molar-refractivity contribution in [2.24, 2.45) is 5.73 Å². The van der Waals surface area contributed by atoms with Crippen molar-refractivity contribution < 1.29 is 0 Å². The average molecular weight is 408 g/mol. The monoisotopic (exact) mass is 406 g/mol. The third-order valence-electron chi connectivity index (χ3n) is 3.28. The zero-order chi connectivity index (χ0) is 15.4. The first kappa shape index (κ1) is 17.3. The van der Waals surface area contributed by atoms with E-state index in [4.69, 9.17) is 28.9 Å². The van der Waals surface area contributed by atoms with Gasteiger partial charge in [0.25, 0.3) is 0 Å². The highest BCUT2D eigenvalue weighted by Crippen LogP contribution is 2.30. The number of halogens is 3. The molecule has 0 aliphatic carbocycles. The molecule has 1 aromatic heterocycles. The molecule has 1 atom stereocenters. The summed E-state index contributed by atoms with van der Waals surface area (Å²) in [7, 11) is 2.10. The minimum atomic E-state index is -0.104. The summed E-state index contributed by atoms with van der Waals surface area (Å²) in [5, 5.41) is 3.28. The van der Waals surface area contributed by atoms with E-state index >= 15 is 0 Å². The zero-order valence-electron chi connectivity index (χ0n) is 11.7. The molecule has 114 valence electrons. The molecule has 0 spiro atoms. The number of rotatable bonds is 6. The van der Waals surface area contributed by atoms with Gasteiger partial charge < -0.3 is 10.6 Å². The van der Waals surface area contributed by atoms with Crippen molar-refractivity contribution >= 4 is 50.5 Å². The zero-order valence-corrected chi connectivity index (χ0v) is 15.6. The van der Waals surface area contributed by atoms with Crippen LogP contribution in [0.5, 0.6) is 0 Å². The Hall–Kier alpha value is -0.100. The van der Waals surface area contributed by atoms with Gasteiger partial charge in [-0.15, -0.1) is 11.3 Å². The fourth-order valence-corrected chi connectivity index (χ4v) is 3.79. The Balaban J connectivity index is 1.88. The molecule has 1 heterocycles. The molecule has 0 aliphatic rings. The molecule has 1 aromatic carbocycles. The van der Waals surface area contributed by atoms with Crippen molar-refractivity contribution in [1.29, 1.82) is 0 Å². The first-order valence-corrected chi connectivity index (χ1v) is 9.01. The van der Waals surface area contributed by atoms with Gasteiger partial charge in [0.2, 0.25) is 0 Å². The first-order valence-electron chi connectivity index (χ1n) is 6.58. The first-order chi connectivity index (χ1) is 9.97. The van der Waals surface area contributed by atoms with Gasteiger partial charge in [-0.1, -0.05) is 35.3 Å². The van der Waals surface area contributed by atoms with Crippen molar-refractivity contribution in [3.05, 3.63) is 54.6 Å². The van der Waals surface area contributed by atoms with E-state index in [2.05, 4.69) is 39.3 Å². The molecule has 2 rings (SSSR count). The number of nitrogens with zero attached hydrogens (tertiary/aromatic N) is 1. The van der Waals surface area contributed by atoms with Crippen LogP contribution in [-0.4, -0.2) is 18.5 Å². The third-order valence-corrected chi connectivity index (χ3v) is 5.66. The Bertz CT molecular complexity index is 603. The number of hydrogen-bond acceptors (Lipinski definition) is 3. The molecule has 0 saturated carbocycles. The van der Waals surface area contributed by atoms with Crippen LogP contribution in [0, 0.1) is 0 Å². The Labute approximate surface area is 148 Å². The van der Waals surface area contributed by atoms with Crippen LogP contribution >= 0.6 is 50.5 Å². The minimum absolute atomic E-state index is 0.104. The summed E-state index contributed by atoms with van der Waals surface area (Å²) in [5.41, 5.74) is 8.46. The summed E-state index contributed by atoms with van der Waals surface area (Å²) in [6.45, 7) is 1.82. The van der Waals surface area contributed by atoms with Gasteiger partial charge >= 0.3 is 0 Å². The lowest BCUT2D eigenvalue weighted by Crippen LogP contribution is -2.23. The summed E-state index contributed by atoms with van der Waals surface area (Å²) >= 11 is 17.4. The maximum atomic E-state index is 6.24. The second kappa shape index (κ2) is 7.95. The molecule has 21 heavy (non-hydrogen) atoms. The fraction of sp³-hybridized carbons (Fsp3) is 0.333. The molecule has 0 amide bonds. The maximum absolute atomic E-state index is 6.24. The number of nitrogens with two attached hydrogens (primary N) is 1. The highest BCUT2D eigenvalue weighted by atomic mass is 79.9. The average Bonchev–Trinajstić information content (AvgIpc) is 2.84. The molecular formula is C15H17BrCl2N2S. The molecule has 0 saturated heterocycles. The summed E-state index contributed by atoms with van der Waals surface area (Å²) in [6, 6.07) is 7.65. The van der Waals surface area contributed by atoms with Gasteiger partial charge in [0.15, 0.2) is 0 Å². The molecule has 2 N–H and O–H groups in total. The molecule has 0 fully saturated rings. The van der Waals surface area contributed by atoms with Gasteiger partial charge in [-0.2, -0.15) is 0 Å². The van der Waals surface area contributed by atoms with Crippen molar-refractivity contribution in [3.8, 4) is 0 Å². The van der Waals surface area contributed by atoms with Gasteiger partial charge in [0.05, 0.1) is 13.8 Å². The van der Waals surface area contributed by atoms with Gasteiger partial charge in [-0.25, -0.2) is 0 Å². The Kier molecular flexibility index (Phi) is 6.53. The van der Waals surface area contributed by atoms with Crippen molar-refractivity contribution in [3.63, 3.8) is 0 Å². The van der Waals surface area contributed by atoms with E-state index in [0.717, 1.165) is 28.9 Å². The van der Waals surface area contributed by atoms with Gasteiger partial charge in [0.1, 0.15) is 0 Å². The standard InChI is InChI=1S/C15H17BrCl2N2S/c1-20(8-10-7-14(16)21-9-10)6-5-13(19)11-3-2-4-12(17)15(11)18/h2-4,7,9,13H,5-6,8,19H2,1H3. The van der Waals surface area contributed by atoms with E-state index in [1.165, 1.54) is 5.56 Å². The second-order valence-corrected chi connectivity index (χ2v) is 8.11. The van der Waals surface area contributed by atoms with E-state index in [1.54, 1.807) is 17.4 Å². The Morgan fingerprint density at radius 2 is 2.14 bits per heavy atom. The molecule has 2 aromatic rings. The lowest BCUT2D eigenvalue weighted by Gasteiger charge is -2.20. The highest BCUT2D eigenvalue weighted by Gasteiger charge is 2.13. The minimum Gasteiger partial charge on any atom is -0.324 e. The van der Waals surface area contributed by atoms with Crippen LogP contribution in [0.3, 0.4) is 0 Å². The third kappa shape index (κ3) is 4.95. The van der Waals surface area contributed by atoms with E-state index in [9.17, 15) is 0 Å². The molecule has 1 unspecified atom stereocenters. The van der Waals surface area contributed by atoms with Crippen LogP contribution < -0.4 is 5.73 Å². The van der Waals surface area contributed by atoms with Crippen LogP contribution in [0.2, 0.25) is 10.0 Å². The largest absolute Gasteiger partial charge is 0.324 e. The summed E-state index contributed by atoms with van der Waals surface area (Å²) < 4.78 is 1.16. The van der Waals surface area contributed by atoms with E-state index in [-0.39, 0.29) is 6.04 Å². The number of benzene rings is 1. The second-order valence-electron chi connectivity index (χ2n) is 5.04. The highest BCUT2D eigenvalue weighted by molar-refractivity contribution is 9.11. The van der Waals surface area contributed by atoms with Crippen molar-refractivity contribution in [2.75, 3.05) is 13.6 Å². The maximum Gasteiger partial charge on any atom is 0.0701 e. The van der Waals surface area contributed by atoms with E-state index in [1.807, 2.05) is 12.1 Å². The summed E-state index contributed by atoms with van der Waals surface area (Å²) in [4.78, 5) is 2.26. The molecule has 2 nitrogen and oxygen atoms in total. The van der Waals surface area contributed by atoms with Crippen LogP contribution in [0.1, 0.15) is 23.6 Å². The lowest BCUT2D eigenvalue weighted by atomic mass is 10.0. The molecule has 0 aliphatic heterocycles. The number of hydrogen-bond donors (Lipinski definition) is 1. The quantitative estimate of drug-likeness (QED) is 0.700. The molecule has 6 heteroatoms. The predicted molar refractivity (Wildman–Crippen MR) is 96.4 cm³/mol. The van der Waals surface area contributed by atoms with Crippen LogP contribution in [-0.2, 0) is 6.54 Å². The van der Waals surface area contributed by atoms with E-state index < -0.39 is 0 Å².